The fourth-order valence-corrected chi connectivity index (χ4v) is 10.9. The zero-order valence-corrected chi connectivity index (χ0v) is 16.9. The van der Waals surface area contributed by atoms with Gasteiger partial charge in [-0.1, -0.05) is 55.5 Å². The molecule has 0 heterocycles. The Hall–Kier alpha value is -2.28. The van der Waals surface area contributed by atoms with Crippen molar-refractivity contribution in [1.82, 2.24) is 4.72 Å². The number of nitrogens with one attached hydrogen (secondary N) is 1. The van der Waals surface area contributed by atoms with Gasteiger partial charge in [-0.05, 0) is 52.1 Å². The summed E-state index contributed by atoms with van der Waals surface area (Å²) < 4.78 is 31.4. The third kappa shape index (κ3) is 3.25. The number of phenolic OH excluding ortho intramolecular Hbond substituents is 1. The van der Waals surface area contributed by atoms with Crippen molar-refractivity contribution in [2.75, 3.05) is 6.54 Å². The summed E-state index contributed by atoms with van der Waals surface area (Å²) in [6.07, 6.45) is 0. The normalized spacial score (nSPS) is 12.7. The Labute approximate surface area is 161 Å². The highest BCUT2D eigenvalue weighted by Crippen LogP contribution is 2.66. The van der Waals surface area contributed by atoms with E-state index in [4.69, 9.17) is 0 Å². The summed E-state index contributed by atoms with van der Waals surface area (Å²) in [6, 6.07) is 23.2. The molecule has 142 valence electrons. The molecule has 0 bridgehead atoms. The van der Waals surface area contributed by atoms with Gasteiger partial charge in [0.2, 0.25) is 8.87 Å². The van der Waals surface area contributed by atoms with Gasteiger partial charge in [0.1, 0.15) is 10.6 Å². The Morgan fingerprint density at radius 1 is 0.815 bits per heavy atom. The molecular weight excluding hydrogens is 378 g/mol. The molecule has 0 aliphatic heterocycles. The molecule has 0 aliphatic rings. The van der Waals surface area contributed by atoms with Gasteiger partial charge in [0, 0.05) is 16.3 Å². The molecular formula is C21H23NO3S2. The highest BCUT2D eigenvalue weighted by Gasteiger charge is 2.43. The zero-order chi connectivity index (χ0) is 19.5. The number of aryl methyl sites for hydroxylation is 1. The smallest absolute Gasteiger partial charge is 0.235 e. The number of hydrogen-bond donors (Lipinski definition) is 2. The molecule has 6 heteroatoms. The number of aromatic hydroxyl groups is 1. The van der Waals surface area contributed by atoms with E-state index in [1.165, 1.54) is 6.07 Å². The van der Waals surface area contributed by atoms with Gasteiger partial charge in [0.25, 0.3) is 0 Å². The first kappa shape index (κ1) is 19.5. The van der Waals surface area contributed by atoms with E-state index in [0.717, 1.165) is 0 Å². The zero-order valence-electron chi connectivity index (χ0n) is 15.3. The van der Waals surface area contributed by atoms with E-state index in [2.05, 4.69) is 4.72 Å². The van der Waals surface area contributed by atoms with Gasteiger partial charge < -0.3 is 5.11 Å². The number of para-hydroxylation sites is 1. The number of rotatable bonds is 6. The van der Waals surface area contributed by atoms with Crippen LogP contribution in [0, 0.1) is 6.92 Å². The first-order valence-electron chi connectivity index (χ1n) is 8.67. The van der Waals surface area contributed by atoms with Crippen LogP contribution in [0.4, 0.5) is 0 Å². The van der Waals surface area contributed by atoms with Gasteiger partial charge in [-0.2, -0.15) is 0 Å². The SMILES string of the molecule is CCNS(c1ccccc1)(c1ccccc1)S(=O)(=O)c1cccc(C)c1O. The van der Waals surface area contributed by atoms with Gasteiger partial charge in [0.15, 0.2) is 0 Å². The molecule has 0 unspecified atom stereocenters. The lowest BCUT2D eigenvalue weighted by molar-refractivity contribution is 0.455. The summed E-state index contributed by atoms with van der Waals surface area (Å²) in [5.41, 5.74) is 0.530. The average Bonchev–Trinajstić information content (AvgIpc) is 2.69. The maximum Gasteiger partial charge on any atom is 0.235 e. The molecule has 0 radical (unpaired) electrons. The summed E-state index contributed by atoms with van der Waals surface area (Å²) in [4.78, 5) is 1.31. The van der Waals surface area contributed by atoms with E-state index in [-0.39, 0.29) is 10.6 Å². The first-order chi connectivity index (χ1) is 12.9. The van der Waals surface area contributed by atoms with Crippen molar-refractivity contribution in [2.45, 2.75) is 28.5 Å². The van der Waals surface area contributed by atoms with Crippen LogP contribution in [0.15, 0.2) is 93.5 Å². The topological polar surface area (TPSA) is 66.4 Å². The van der Waals surface area contributed by atoms with Crippen LogP contribution >= 0.6 is 9.25 Å². The molecule has 0 atom stereocenters. The highest BCUT2D eigenvalue weighted by molar-refractivity contribution is 8.89. The molecule has 0 fully saturated rings. The lowest BCUT2D eigenvalue weighted by Crippen LogP contribution is -2.28. The minimum Gasteiger partial charge on any atom is -0.506 e. The van der Waals surface area contributed by atoms with Crippen LogP contribution in [-0.4, -0.2) is 20.1 Å². The van der Waals surface area contributed by atoms with Crippen LogP contribution in [-0.2, 0) is 8.87 Å². The fourth-order valence-electron chi connectivity index (χ4n) is 3.03. The summed E-state index contributed by atoms with van der Waals surface area (Å²) in [7, 11) is -6.67. The lowest BCUT2D eigenvalue weighted by Gasteiger charge is -2.40. The fraction of sp³-hybridized carbons (Fsp3) is 0.143. The Bertz CT molecular complexity index is 980. The maximum absolute atomic E-state index is 14.0. The van der Waals surface area contributed by atoms with Crippen LogP contribution in [0.25, 0.3) is 0 Å². The van der Waals surface area contributed by atoms with Crippen LogP contribution in [0.2, 0.25) is 0 Å². The largest absolute Gasteiger partial charge is 0.506 e. The lowest BCUT2D eigenvalue weighted by atomic mass is 10.2. The molecule has 2 N–H and O–H groups in total. The molecule has 3 aromatic rings. The third-order valence-corrected chi connectivity index (χ3v) is 12.4. The predicted molar refractivity (Wildman–Crippen MR) is 111 cm³/mol. The number of benzene rings is 3. The molecule has 0 spiro atoms. The van der Waals surface area contributed by atoms with Crippen molar-refractivity contribution in [3.63, 3.8) is 0 Å². The van der Waals surface area contributed by atoms with Crippen LogP contribution in [0.5, 0.6) is 5.75 Å². The van der Waals surface area contributed by atoms with Gasteiger partial charge in [-0.15, -0.1) is 0 Å². The van der Waals surface area contributed by atoms with Crippen molar-refractivity contribution >= 4 is 18.1 Å². The Morgan fingerprint density at radius 2 is 1.33 bits per heavy atom. The first-order valence-corrected chi connectivity index (χ1v) is 12.3. The second-order valence-corrected chi connectivity index (χ2v) is 12.6. The molecule has 0 saturated heterocycles. The van der Waals surface area contributed by atoms with Crippen molar-refractivity contribution < 1.29 is 13.5 Å². The van der Waals surface area contributed by atoms with E-state index >= 15 is 0 Å². The monoisotopic (exact) mass is 401 g/mol. The highest BCUT2D eigenvalue weighted by atomic mass is 33.2. The van der Waals surface area contributed by atoms with E-state index in [1.807, 2.05) is 67.6 Å². The summed E-state index contributed by atoms with van der Waals surface area (Å²) >= 11 is 0. The van der Waals surface area contributed by atoms with Crippen LogP contribution in [0.1, 0.15) is 12.5 Å². The second kappa shape index (κ2) is 7.76. The van der Waals surface area contributed by atoms with E-state index in [0.29, 0.717) is 21.9 Å². The van der Waals surface area contributed by atoms with Gasteiger partial charge in [-0.3, -0.25) is 4.72 Å². The standard InChI is InChI=1S/C21H23NO3S2/c1-3-22-26(18-12-6-4-7-13-18,19-14-8-5-9-15-19)27(24,25)20-16-10-11-17(2)21(20)23/h4-16,22-23H,3H2,1-2H3. The van der Waals surface area contributed by atoms with Gasteiger partial charge in [0.05, 0.1) is 0 Å². The molecule has 0 aliphatic carbocycles. The van der Waals surface area contributed by atoms with Crippen molar-refractivity contribution in [3.8, 4) is 5.75 Å². The van der Waals surface area contributed by atoms with Crippen LogP contribution < -0.4 is 4.72 Å². The predicted octanol–water partition coefficient (Wildman–Crippen LogP) is 4.84. The summed E-state index contributed by atoms with van der Waals surface area (Å²) in [5.74, 6) is -0.195. The second-order valence-electron chi connectivity index (χ2n) is 6.06. The molecule has 3 aromatic carbocycles. The maximum atomic E-state index is 14.0. The molecule has 3 rings (SSSR count). The molecule has 0 aromatic heterocycles. The Morgan fingerprint density at radius 3 is 1.81 bits per heavy atom. The van der Waals surface area contributed by atoms with Crippen LogP contribution in [0.3, 0.4) is 0 Å². The van der Waals surface area contributed by atoms with Gasteiger partial charge in [-0.25, -0.2) is 8.42 Å². The van der Waals surface area contributed by atoms with E-state index < -0.39 is 18.1 Å². The number of phenols is 1. The Balaban J connectivity index is 2.41. The minimum atomic E-state index is -3.96. The van der Waals surface area contributed by atoms with Crippen molar-refractivity contribution in [3.05, 3.63) is 84.4 Å². The molecule has 4 nitrogen and oxygen atoms in total. The van der Waals surface area contributed by atoms with Crippen molar-refractivity contribution in [1.29, 1.82) is 0 Å². The number of hydrogen-bond acceptors (Lipinski definition) is 4. The summed E-state index contributed by atoms with van der Waals surface area (Å²) in [5, 5.41) is 10.6. The molecule has 0 amide bonds. The van der Waals surface area contributed by atoms with Crippen molar-refractivity contribution in [2.24, 2.45) is 0 Å². The Kier molecular flexibility index (Phi) is 5.60. The minimum absolute atomic E-state index is 0.0499. The molecule has 27 heavy (non-hydrogen) atoms. The van der Waals surface area contributed by atoms with E-state index in [9.17, 15) is 13.5 Å². The van der Waals surface area contributed by atoms with E-state index in [1.54, 1.807) is 19.1 Å². The summed E-state index contributed by atoms with van der Waals surface area (Å²) in [6.45, 7) is 4.05. The third-order valence-electron chi connectivity index (χ3n) is 4.30. The average molecular weight is 402 g/mol. The molecule has 0 saturated carbocycles. The van der Waals surface area contributed by atoms with Gasteiger partial charge >= 0.3 is 0 Å². The quantitative estimate of drug-likeness (QED) is 0.580.